The second kappa shape index (κ2) is 6.69. The molecule has 3 aromatic rings. The van der Waals surface area contributed by atoms with Gasteiger partial charge in [0.1, 0.15) is 5.69 Å². The number of rotatable bonds is 3. The molecule has 0 aromatic heterocycles. The van der Waals surface area contributed by atoms with Gasteiger partial charge >= 0.3 is 0 Å². The van der Waals surface area contributed by atoms with Gasteiger partial charge < -0.3 is 9.80 Å². The Kier molecular flexibility index (Phi) is 4.34. The molecule has 0 amide bonds. The molecule has 0 bridgehead atoms. The van der Waals surface area contributed by atoms with E-state index in [1.807, 2.05) is 31.2 Å². The number of piperazine rings is 1. The molecule has 0 N–H and O–H groups in total. The fraction of sp³-hybridized carbons (Fsp3) is 0.304. The van der Waals surface area contributed by atoms with Gasteiger partial charge in [-0.05, 0) is 43.5 Å². The Labute approximate surface area is 159 Å². The average Bonchev–Trinajstić information content (AvgIpc) is 2.69. The van der Waals surface area contributed by atoms with Gasteiger partial charge in [0.15, 0.2) is 0 Å². The lowest BCUT2D eigenvalue weighted by Gasteiger charge is -2.39. The van der Waals surface area contributed by atoms with Crippen LogP contribution in [-0.2, 0) is 0 Å². The number of aryl methyl sites for hydroxylation is 2. The normalized spacial score (nSPS) is 14.8. The molecule has 0 spiro atoms. The highest BCUT2D eigenvalue weighted by atomic mass is 16.2. The highest BCUT2D eigenvalue weighted by molar-refractivity contribution is 5.83. The van der Waals surface area contributed by atoms with Gasteiger partial charge in [-0.25, -0.2) is 0 Å². The van der Waals surface area contributed by atoms with Gasteiger partial charge in [0.05, 0.1) is 5.56 Å². The second-order valence-corrected chi connectivity index (χ2v) is 7.44. The smallest absolute Gasteiger partial charge is 0.250 e. The molecule has 1 fully saturated rings. The van der Waals surface area contributed by atoms with Crippen molar-refractivity contribution >= 4 is 11.4 Å². The van der Waals surface area contributed by atoms with E-state index in [0.717, 1.165) is 37.3 Å². The van der Waals surface area contributed by atoms with Gasteiger partial charge in [-0.2, -0.15) is 0 Å². The van der Waals surface area contributed by atoms with Gasteiger partial charge in [-0.1, -0.05) is 42.0 Å². The summed E-state index contributed by atoms with van der Waals surface area (Å²) < 4.78 is 0. The maximum Gasteiger partial charge on any atom is 0.250 e. The lowest BCUT2D eigenvalue weighted by atomic mass is 9.96. The molecule has 1 heterocycles. The number of anilines is 2. The van der Waals surface area contributed by atoms with Gasteiger partial charge in [0.25, 0.3) is 0 Å². The van der Waals surface area contributed by atoms with Gasteiger partial charge in [-0.15, -0.1) is 0 Å². The minimum atomic E-state index is -0.356. The zero-order valence-electron chi connectivity index (χ0n) is 16.1. The van der Waals surface area contributed by atoms with Gasteiger partial charge in [0, 0.05) is 31.9 Å². The fourth-order valence-electron chi connectivity index (χ4n) is 3.92. The van der Waals surface area contributed by atoms with Crippen LogP contribution in [0.25, 0.3) is 11.1 Å². The lowest BCUT2D eigenvalue weighted by Crippen LogP contribution is -2.51. The van der Waals surface area contributed by atoms with E-state index in [9.17, 15) is 9.59 Å². The van der Waals surface area contributed by atoms with Gasteiger partial charge in [0.2, 0.25) is 10.9 Å². The summed E-state index contributed by atoms with van der Waals surface area (Å²) in [4.78, 5) is 29.0. The monoisotopic (exact) mass is 360 g/mol. The van der Waals surface area contributed by atoms with E-state index in [2.05, 4.69) is 41.8 Å². The Hall–Kier alpha value is -2.88. The van der Waals surface area contributed by atoms with Crippen LogP contribution in [0, 0.1) is 20.8 Å². The van der Waals surface area contributed by atoms with E-state index in [1.165, 1.54) is 16.8 Å². The zero-order valence-corrected chi connectivity index (χ0v) is 16.1. The first-order valence-electron chi connectivity index (χ1n) is 9.44. The second-order valence-electron chi connectivity index (χ2n) is 7.44. The van der Waals surface area contributed by atoms with Crippen molar-refractivity contribution in [3.05, 3.63) is 79.6 Å². The summed E-state index contributed by atoms with van der Waals surface area (Å²) in [6, 6.07) is 14.2. The van der Waals surface area contributed by atoms with E-state index in [1.54, 1.807) is 0 Å². The molecular weight excluding hydrogens is 336 g/mol. The average molecular weight is 360 g/mol. The Bertz CT molecular complexity index is 1050. The fourth-order valence-corrected chi connectivity index (χ4v) is 3.92. The van der Waals surface area contributed by atoms with E-state index in [4.69, 9.17) is 0 Å². The summed E-state index contributed by atoms with van der Waals surface area (Å²) in [5.41, 5.74) is 6.33. The van der Waals surface area contributed by atoms with Crippen molar-refractivity contribution in [1.82, 2.24) is 0 Å². The summed E-state index contributed by atoms with van der Waals surface area (Å²) in [6.07, 6.45) is 0. The van der Waals surface area contributed by atoms with Gasteiger partial charge in [-0.3, -0.25) is 9.59 Å². The quantitative estimate of drug-likeness (QED) is 0.673. The van der Waals surface area contributed by atoms with Crippen molar-refractivity contribution in [2.45, 2.75) is 20.8 Å². The van der Waals surface area contributed by atoms with Crippen molar-refractivity contribution in [2.24, 2.45) is 0 Å². The summed E-state index contributed by atoms with van der Waals surface area (Å²) in [5.74, 6) is 0. The third-order valence-electron chi connectivity index (χ3n) is 5.74. The molecule has 0 aliphatic carbocycles. The Morgan fingerprint density at radius 3 is 2.04 bits per heavy atom. The van der Waals surface area contributed by atoms with Crippen LogP contribution in [0.1, 0.15) is 16.7 Å². The molecule has 27 heavy (non-hydrogen) atoms. The molecular formula is C23H24N2O2. The van der Waals surface area contributed by atoms with E-state index in [0.29, 0.717) is 11.3 Å². The van der Waals surface area contributed by atoms with Crippen LogP contribution in [0.4, 0.5) is 11.4 Å². The summed E-state index contributed by atoms with van der Waals surface area (Å²) in [7, 11) is 0. The molecule has 3 aromatic carbocycles. The van der Waals surface area contributed by atoms with Crippen LogP contribution in [0.3, 0.4) is 0 Å². The molecule has 0 radical (unpaired) electrons. The molecule has 0 atom stereocenters. The van der Waals surface area contributed by atoms with Crippen molar-refractivity contribution in [1.29, 1.82) is 0 Å². The van der Waals surface area contributed by atoms with Crippen molar-refractivity contribution in [3.63, 3.8) is 0 Å². The van der Waals surface area contributed by atoms with Crippen LogP contribution in [-0.4, -0.2) is 26.2 Å². The minimum Gasteiger partial charge on any atom is -0.368 e. The maximum atomic E-state index is 12.3. The van der Waals surface area contributed by atoms with Crippen LogP contribution in [0.15, 0.2) is 52.1 Å². The number of hydrogen-bond acceptors (Lipinski definition) is 4. The topological polar surface area (TPSA) is 40.6 Å². The van der Waals surface area contributed by atoms with Crippen LogP contribution in [0.2, 0.25) is 0 Å². The zero-order chi connectivity index (χ0) is 19.1. The predicted molar refractivity (Wildman–Crippen MR) is 112 cm³/mol. The number of benzene rings is 2. The Balaban J connectivity index is 1.57. The summed E-state index contributed by atoms with van der Waals surface area (Å²) >= 11 is 0. The van der Waals surface area contributed by atoms with E-state index < -0.39 is 0 Å². The maximum absolute atomic E-state index is 12.3. The lowest BCUT2D eigenvalue weighted by molar-refractivity contribution is 0.649. The molecule has 0 saturated carbocycles. The largest absolute Gasteiger partial charge is 0.368 e. The molecule has 1 saturated heterocycles. The van der Waals surface area contributed by atoms with Crippen molar-refractivity contribution < 1.29 is 0 Å². The number of nitrogens with zero attached hydrogens (tertiary/aromatic N) is 2. The van der Waals surface area contributed by atoms with Crippen molar-refractivity contribution in [3.8, 4) is 11.1 Å². The summed E-state index contributed by atoms with van der Waals surface area (Å²) in [5, 5.41) is 0. The molecule has 4 heteroatoms. The first-order chi connectivity index (χ1) is 13.0. The molecule has 4 rings (SSSR count). The molecule has 0 unspecified atom stereocenters. The first kappa shape index (κ1) is 17.5. The highest BCUT2D eigenvalue weighted by Gasteiger charge is 2.29. The number of hydrogen-bond donors (Lipinski definition) is 0. The van der Waals surface area contributed by atoms with Crippen molar-refractivity contribution in [2.75, 3.05) is 36.0 Å². The summed E-state index contributed by atoms with van der Waals surface area (Å²) in [6.45, 7) is 9.48. The standard InChI is InChI=1S/C23H24N2O2/c1-15-7-9-18(10-8-15)20-21(23(27)22(20)26)25-13-11-24(12-14-25)19-6-4-5-16(2)17(19)3/h4-10H,11-14H2,1-3H3. The molecule has 1 aliphatic rings. The van der Waals surface area contributed by atoms with E-state index >= 15 is 0 Å². The van der Waals surface area contributed by atoms with Crippen LogP contribution >= 0.6 is 0 Å². The predicted octanol–water partition coefficient (Wildman–Crippen LogP) is 3.20. The Morgan fingerprint density at radius 2 is 1.37 bits per heavy atom. The first-order valence-corrected chi connectivity index (χ1v) is 9.44. The minimum absolute atomic E-state index is 0.342. The Morgan fingerprint density at radius 1 is 0.741 bits per heavy atom. The molecule has 138 valence electrons. The van der Waals surface area contributed by atoms with Crippen LogP contribution in [0.5, 0.6) is 0 Å². The molecule has 1 aliphatic heterocycles. The molecule has 4 nitrogen and oxygen atoms in total. The highest BCUT2D eigenvalue weighted by Crippen LogP contribution is 2.29. The van der Waals surface area contributed by atoms with Crippen LogP contribution < -0.4 is 20.7 Å². The third kappa shape index (κ3) is 2.95. The third-order valence-corrected chi connectivity index (χ3v) is 5.74. The SMILES string of the molecule is Cc1ccc(-c2c(N3CCN(c4cccc(C)c4C)CC3)c(=O)c2=O)cc1. The van der Waals surface area contributed by atoms with E-state index in [-0.39, 0.29) is 10.9 Å².